The molecule has 0 aliphatic rings. The number of phenolic OH excluding ortho intramolecular Hbond substituents is 2. The van der Waals surface area contributed by atoms with E-state index in [4.69, 9.17) is 16.7 Å². The van der Waals surface area contributed by atoms with E-state index in [0.29, 0.717) is 10.8 Å². The summed E-state index contributed by atoms with van der Waals surface area (Å²) in [5.74, 6) is -0.621. The molecule has 0 radical (unpaired) electrons. The van der Waals surface area contributed by atoms with Crippen LogP contribution in [0.2, 0.25) is 0 Å². The smallest absolute Gasteiger partial charge is 0.261 e. The van der Waals surface area contributed by atoms with Crippen LogP contribution in [-0.2, 0) is 5.88 Å². The van der Waals surface area contributed by atoms with Gasteiger partial charge in [-0.1, -0.05) is 0 Å². The summed E-state index contributed by atoms with van der Waals surface area (Å²) in [5.41, 5.74) is 0.738. The number of halogens is 1. The Morgan fingerprint density at radius 2 is 2.22 bits per heavy atom. The molecule has 2 rings (SSSR count). The summed E-state index contributed by atoms with van der Waals surface area (Å²) in [5, 5.41) is 23.3. The summed E-state index contributed by atoms with van der Waals surface area (Å²) in [7, 11) is 0. The number of alkyl halides is 1. The van der Waals surface area contributed by atoms with Gasteiger partial charge in [-0.2, -0.15) is 0 Å². The van der Waals surface area contributed by atoms with Crippen molar-refractivity contribution in [3.05, 3.63) is 34.8 Å². The third-order valence-corrected chi connectivity index (χ3v) is 3.22. The second-order valence-corrected chi connectivity index (χ2v) is 4.56. The number of aromatic nitrogens is 1. The van der Waals surface area contributed by atoms with Gasteiger partial charge in [0.15, 0.2) is 5.13 Å². The SMILES string of the molecule is O=C(Nc1nc(CCl)cs1)c1ccc(O)cc1O. The van der Waals surface area contributed by atoms with E-state index in [0.717, 1.165) is 6.07 Å². The first-order chi connectivity index (χ1) is 8.60. The summed E-state index contributed by atoms with van der Waals surface area (Å²) >= 11 is 6.85. The highest BCUT2D eigenvalue weighted by atomic mass is 35.5. The Morgan fingerprint density at radius 3 is 2.83 bits per heavy atom. The van der Waals surface area contributed by atoms with Gasteiger partial charge in [0.1, 0.15) is 11.5 Å². The molecule has 1 aromatic carbocycles. The lowest BCUT2D eigenvalue weighted by atomic mass is 10.2. The number of amides is 1. The minimum absolute atomic E-state index is 0.0652. The van der Waals surface area contributed by atoms with E-state index in [2.05, 4.69) is 10.3 Å². The van der Waals surface area contributed by atoms with Gasteiger partial charge in [0.25, 0.3) is 5.91 Å². The highest BCUT2D eigenvalue weighted by molar-refractivity contribution is 7.14. The zero-order chi connectivity index (χ0) is 13.1. The molecular formula is C11H9ClN2O3S. The zero-order valence-electron chi connectivity index (χ0n) is 9.05. The average molecular weight is 285 g/mol. The van der Waals surface area contributed by atoms with Crippen molar-refractivity contribution in [2.75, 3.05) is 5.32 Å². The first kappa shape index (κ1) is 12.7. The van der Waals surface area contributed by atoms with Crippen molar-refractivity contribution in [1.29, 1.82) is 0 Å². The van der Waals surface area contributed by atoms with Crippen LogP contribution in [0.15, 0.2) is 23.6 Å². The summed E-state index contributed by atoms with van der Waals surface area (Å²) in [4.78, 5) is 15.9. The summed E-state index contributed by atoms with van der Waals surface area (Å²) in [6.45, 7) is 0. The maximum absolute atomic E-state index is 11.8. The molecule has 2 aromatic rings. The van der Waals surface area contributed by atoms with Crippen molar-refractivity contribution >= 4 is 34.0 Å². The molecule has 1 heterocycles. The van der Waals surface area contributed by atoms with Crippen molar-refractivity contribution in [3.63, 3.8) is 0 Å². The zero-order valence-corrected chi connectivity index (χ0v) is 10.6. The fourth-order valence-corrected chi connectivity index (χ4v) is 2.24. The molecule has 0 atom stereocenters. The second-order valence-electron chi connectivity index (χ2n) is 3.43. The van der Waals surface area contributed by atoms with Crippen molar-refractivity contribution < 1.29 is 15.0 Å². The number of hydrogen-bond donors (Lipinski definition) is 3. The topological polar surface area (TPSA) is 82.5 Å². The van der Waals surface area contributed by atoms with Gasteiger partial charge in [-0.25, -0.2) is 4.98 Å². The molecule has 7 heteroatoms. The van der Waals surface area contributed by atoms with Crippen LogP contribution < -0.4 is 5.32 Å². The minimum Gasteiger partial charge on any atom is -0.508 e. The largest absolute Gasteiger partial charge is 0.508 e. The number of benzene rings is 1. The Balaban J connectivity index is 2.16. The lowest BCUT2D eigenvalue weighted by Crippen LogP contribution is -2.11. The highest BCUT2D eigenvalue weighted by Crippen LogP contribution is 2.24. The molecule has 0 aliphatic heterocycles. The van der Waals surface area contributed by atoms with Crippen LogP contribution in [0.3, 0.4) is 0 Å². The van der Waals surface area contributed by atoms with E-state index < -0.39 is 5.91 Å². The van der Waals surface area contributed by atoms with Crippen molar-refractivity contribution in [3.8, 4) is 11.5 Å². The normalized spacial score (nSPS) is 10.3. The third-order valence-electron chi connectivity index (χ3n) is 2.14. The molecule has 5 nitrogen and oxygen atoms in total. The number of anilines is 1. The molecular weight excluding hydrogens is 276 g/mol. The number of hydrogen-bond acceptors (Lipinski definition) is 5. The van der Waals surface area contributed by atoms with E-state index in [1.165, 1.54) is 23.5 Å². The average Bonchev–Trinajstić information content (AvgIpc) is 2.76. The van der Waals surface area contributed by atoms with Gasteiger partial charge in [-0.3, -0.25) is 10.1 Å². The maximum Gasteiger partial charge on any atom is 0.261 e. The number of rotatable bonds is 3. The molecule has 1 amide bonds. The predicted octanol–water partition coefficient (Wildman–Crippen LogP) is 2.55. The number of carbonyl (C=O) groups excluding carboxylic acids is 1. The molecule has 0 saturated heterocycles. The highest BCUT2D eigenvalue weighted by Gasteiger charge is 2.13. The van der Waals surface area contributed by atoms with Gasteiger partial charge in [-0.15, -0.1) is 22.9 Å². The van der Waals surface area contributed by atoms with Gasteiger partial charge >= 0.3 is 0 Å². The fraction of sp³-hybridized carbons (Fsp3) is 0.0909. The Kier molecular flexibility index (Phi) is 3.69. The first-order valence-corrected chi connectivity index (χ1v) is 6.35. The van der Waals surface area contributed by atoms with Gasteiger partial charge in [0.05, 0.1) is 17.1 Å². The number of nitrogens with zero attached hydrogens (tertiary/aromatic N) is 1. The molecule has 0 saturated carbocycles. The van der Waals surface area contributed by atoms with E-state index in [1.807, 2.05) is 0 Å². The Hall–Kier alpha value is -1.79. The molecule has 3 N–H and O–H groups in total. The predicted molar refractivity (Wildman–Crippen MR) is 69.4 cm³/mol. The van der Waals surface area contributed by atoms with Crippen molar-refractivity contribution in [1.82, 2.24) is 4.98 Å². The van der Waals surface area contributed by atoms with Crippen molar-refractivity contribution in [2.24, 2.45) is 0 Å². The monoisotopic (exact) mass is 284 g/mol. The molecule has 0 bridgehead atoms. The van der Waals surface area contributed by atoms with Crippen LogP contribution in [0, 0.1) is 0 Å². The van der Waals surface area contributed by atoms with Gasteiger partial charge in [-0.05, 0) is 12.1 Å². The van der Waals surface area contributed by atoms with E-state index in [-0.39, 0.29) is 22.9 Å². The Bertz CT molecular complexity index is 585. The maximum atomic E-state index is 11.8. The molecule has 1 aromatic heterocycles. The summed E-state index contributed by atoms with van der Waals surface area (Å²) in [6, 6.07) is 3.75. The molecule has 0 spiro atoms. The van der Waals surface area contributed by atoms with Crippen LogP contribution >= 0.6 is 22.9 Å². The van der Waals surface area contributed by atoms with Gasteiger partial charge < -0.3 is 10.2 Å². The summed E-state index contributed by atoms with van der Waals surface area (Å²) < 4.78 is 0. The van der Waals surface area contributed by atoms with Crippen LogP contribution in [0.25, 0.3) is 0 Å². The number of thiazole rings is 1. The molecule has 0 fully saturated rings. The fourth-order valence-electron chi connectivity index (χ4n) is 1.30. The Labute approximate surface area is 112 Å². The van der Waals surface area contributed by atoms with Crippen LogP contribution in [0.5, 0.6) is 11.5 Å². The lowest BCUT2D eigenvalue weighted by molar-refractivity contribution is 0.102. The Morgan fingerprint density at radius 1 is 1.44 bits per heavy atom. The number of carbonyl (C=O) groups is 1. The minimum atomic E-state index is -0.497. The molecule has 0 unspecified atom stereocenters. The van der Waals surface area contributed by atoms with E-state index in [9.17, 15) is 9.90 Å². The molecule has 94 valence electrons. The quantitative estimate of drug-likeness (QED) is 0.757. The molecule has 18 heavy (non-hydrogen) atoms. The number of aromatic hydroxyl groups is 2. The third kappa shape index (κ3) is 2.72. The van der Waals surface area contributed by atoms with Crippen molar-refractivity contribution in [2.45, 2.75) is 5.88 Å². The van der Waals surface area contributed by atoms with Gasteiger partial charge in [0, 0.05) is 11.4 Å². The number of nitrogens with one attached hydrogen (secondary N) is 1. The van der Waals surface area contributed by atoms with E-state index >= 15 is 0 Å². The van der Waals surface area contributed by atoms with Crippen LogP contribution in [0.4, 0.5) is 5.13 Å². The first-order valence-electron chi connectivity index (χ1n) is 4.94. The molecule has 0 aliphatic carbocycles. The van der Waals surface area contributed by atoms with Gasteiger partial charge in [0.2, 0.25) is 0 Å². The van der Waals surface area contributed by atoms with E-state index in [1.54, 1.807) is 5.38 Å². The lowest BCUT2D eigenvalue weighted by Gasteiger charge is -2.04. The number of phenols is 2. The summed E-state index contributed by atoms with van der Waals surface area (Å²) in [6.07, 6.45) is 0. The van der Waals surface area contributed by atoms with Crippen LogP contribution in [-0.4, -0.2) is 21.1 Å². The standard InChI is InChI=1S/C11H9ClN2O3S/c12-4-6-5-18-11(13-6)14-10(17)8-2-1-7(15)3-9(8)16/h1-3,5,15-16H,4H2,(H,13,14,17). The second kappa shape index (κ2) is 5.24. The van der Waals surface area contributed by atoms with Crippen LogP contribution in [0.1, 0.15) is 16.1 Å².